The van der Waals surface area contributed by atoms with E-state index in [1.54, 1.807) is 20.0 Å². The summed E-state index contributed by atoms with van der Waals surface area (Å²) in [5.41, 5.74) is 1.55. The summed E-state index contributed by atoms with van der Waals surface area (Å²) in [5, 5.41) is 0.922. The first-order valence-corrected chi connectivity index (χ1v) is 7.01. The van der Waals surface area contributed by atoms with Crippen LogP contribution in [0.15, 0.2) is 36.5 Å². The number of rotatable bonds is 3. The summed E-state index contributed by atoms with van der Waals surface area (Å²) in [6, 6.07) is 8.53. The highest BCUT2D eigenvalue weighted by Gasteiger charge is 2.45. The molecule has 0 N–H and O–H groups in total. The number of benzene rings is 1. The highest BCUT2D eigenvalue weighted by Crippen LogP contribution is 2.20. The molecule has 0 saturated carbocycles. The molecule has 22 heavy (non-hydrogen) atoms. The Labute approximate surface area is 127 Å². The standard InChI is InChI=1S/C16H15N3O3/c1-10(2)19-15(21)14(20)18(16(19)22)9-11-7-12-5-3-4-6-13(12)17-8-11/h3-8,10H,9H2,1-2H3. The van der Waals surface area contributed by atoms with Gasteiger partial charge in [0.05, 0.1) is 12.1 Å². The molecule has 0 atom stereocenters. The van der Waals surface area contributed by atoms with Crippen LogP contribution in [0, 0.1) is 0 Å². The molecule has 6 heteroatoms. The van der Waals surface area contributed by atoms with Crippen molar-refractivity contribution >= 4 is 28.7 Å². The van der Waals surface area contributed by atoms with E-state index in [1.165, 1.54) is 0 Å². The fraction of sp³-hybridized carbons (Fsp3) is 0.250. The molecule has 2 aromatic rings. The average molecular weight is 297 g/mol. The molecule has 1 aliphatic rings. The Morgan fingerprint density at radius 3 is 2.50 bits per heavy atom. The van der Waals surface area contributed by atoms with Gasteiger partial charge in [-0.1, -0.05) is 18.2 Å². The first-order valence-electron chi connectivity index (χ1n) is 7.01. The summed E-state index contributed by atoms with van der Waals surface area (Å²) < 4.78 is 0. The minimum Gasteiger partial charge on any atom is -0.263 e. The Bertz CT molecular complexity index is 785. The van der Waals surface area contributed by atoms with Crippen molar-refractivity contribution in [1.82, 2.24) is 14.8 Å². The molecule has 1 aromatic heterocycles. The van der Waals surface area contributed by atoms with Gasteiger partial charge in [-0.15, -0.1) is 0 Å². The number of amides is 4. The van der Waals surface area contributed by atoms with Gasteiger partial charge in [-0.3, -0.25) is 24.4 Å². The summed E-state index contributed by atoms with van der Waals surface area (Å²) in [6.45, 7) is 3.44. The SMILES string of the molecule is CC(C)N1C(=O)C(=O)N(Cc2cnc3ccccc3c2)C1=O. The topological polar surface area (TPSA) is 70.6 Å². The number of carbonyl (C=O) groups is 3. The first kappa shape index (κ1) is 14.2. The van der Waals surface area contributed by atoms with Crippen molar-refractivity contribution in [3.05, 3.63) is 42.1 Å². The smallest absolute Gasteiger partial charge is 0.263 e. The van der Waals surface area contributed by atoms with Crippen LogP contribution in [0.5, 0.6) is 0 Å². The minimum atomic E-state index is -0.785. The molecule has 6 nitrogen and oxygen atoms in total. The van der Waals surface area contributed by atoms with Crippen molar-refractivity contribution in [1.29, 1.82) is 0 Å². The molecule has 0 aliphatic carbocycles. The number of fused-ring (bicyclic) bond motifs is 1. The number of hydrogen-bond donors (Lipinski definition) is 0. The summed E-state index contributed by atoms with van der Waals surface area (Å²) in [6.07, 6.45) is 1.62. The van der Waals surface area contributed by atoms with Gasteiger partial charge < -0.3 is 0 Å². The van der Waals surface area contributed by atoms with Crippen molar-refractivity contribution < 1.29 is 14.4 Å². The lowest BCUT2D eigenvalue weighted by molar-refractivity contribution is -0.144. The zero-order valence-corrected chi connectivity index (χ0v) is 12.3. The first-order chi connectivity index (χ1) is 10.5. The fourth-order valence-electron chi connectivity index (χ4n) is 2.50. The quantitative estimate of drug-likeness (QED) is 0.641. The number of urea groups is 1. The number of nitrogens with zero attached hydrogens (tertiary/aromatic N) is 3. The molecular formula is C16H15N3O3. The summed E-state index contributed by atoms with van der Waals surface area (Å²) in [7, 11) is 0. The lowest BCUT2D eigenvalue weighted by atomic mass is 10.1. The van der Waals surface area contributed by atoms with Crippen LogP contribution in [0.3, 0.4) is 0 Å². The normalized spacial score (nSPS) is 15.5. The molecule has 3 rings (SSSR count). The Hall–Kier alpha value is -2.76. The van der Waals surface area contributed by atoms with Crippen LogP contribution >= 0.6 is 0 Å². The number of pyridine rings is 1. The van der Waals surface area contributed by atoms with Crippen LogP contribution in [-0.4, -0.2) is 38.7 Å². The fourth-order valence-corrected chi connectivity index (χ4v) is 2.50. The number of para-hydroxylation sites is 1. The zero-order chi connectivity index (χ0) is 15.9. The van der Waals surface area contributed by atoms with E-state index in [1.807, 2.05) is 30.3 Å². The van der Waals surface area contributed by atoms with Gasteiger partial charge in [0.25, 0.3) is 0 Å². The molecule has 112 valence electrons. The molecule has 4 amide bonds. The van der Waals surface area contributed by atoms with Crippen molar-refractivity contribution in [2.24, 2.45) is 0 Å². The second-order valence-corrected chi connectivity index (χ2v) is 5.48. The van der Waals surface area contributed by atoms with Gasteiger partial charge in [0, 0.05) is 17.6 Å². The Morgan fingerprint density at radius 2 is 1.82 bits per heavy atom. The van der Waals surface area contributed by atoms with Gasteiger partial charge in [-0.05, 0) is 31.5 Å². The molecular weight excluding hydrogens is 282 g/mol. The Kier molecular flexibility index (Phi) is 3.36. The van der Waals surface area contributed by atoms with Crippen molar-refractivity contribution in [2.75, 3.05) is 0 Å². The predicted molar refractivity (Wildman–Crippen MR) is 79.7 cm³/mol. The van der Waals surface area contributed by atoms with Crippen LogP contribution in [-0.2, 0) is 16.1 Å². The maximum atomic E-state index is 12.2. The lowest BCUT2D eigenvalue weighted by Gasteiger charge is -2.18. The molecule has 0 bridgehead atoms. The molecule has 1 saturated heterocycles. The molecule has 0 radical (unpaired) electrons. The van der Waals surface area contributed by atoms with Gasteiger partial charge in [0.15, 0.2) is 0 Å². The molecule has 2 heterocycles. The highest BCUT2D eigenvalue weighted by atomic mass is 16.2. The number of carbonyl (C=O) groups excluding carboxylic acids is 3. The van der Waals surface area contributed by atoms with Gasteiger partial charge >= 0.3 is 17.8 Å². The Morgan fingerprint density at radius 1 is 1.09 bits per heavy atom. The van der Waals surface area contributed by atoms with Crippen molar-refractivity contribution in [3.8, 4) is 0 Å². The summed E-state index contributed by atoms with van der Waals surface area (Å²) in [5.74, 6) is -1.55. The number of hydrogen-bond acceptors (Lipinski definition) is 4. The highest BCUT2D eigenvalue weighted by molar-refractivity contribution is 6.44. The lowest BCUT2D eigenvalue weighted by Crippen LogP contribution is -2.37. The zero-order valence-electron chi connectivity index (χ0n) is 12.3. The Balaban J connectivity index is 1.89. The summed E-state index contributed by atoms with van der Waals surface area (Å²) >= 11 is 0. The molecule has 1 aromatic carbocycles. The largest absolute Gasteiger partial charge is 0.334 e. The number of aromatic nitrogens is 1. The summed E-state index contributed by atoms with van der Waals surface area (Å²) in [4.78, 5) is 42.3. The van der Waals surface area contributed by atoms with Crippen molar-refractivity contribution in [3.63, 3.8) is 0 Å². The maximum absolute atomic E-state index is 12.2. The molecule has 0 unspecified atom stereocenters. The van der Waals surface area contributed by atoms with E-state index in [4.69, 9.17) is 0 Å². The number of imide groups is 2. The van der Waals surface area contributed by atoms with Crippen molar-refractivity contribution in [2.45, 2.75) is 26.4 Å². The monoisotopic (exact) mass is 297 g/mol. The van der Waals surface area contributed by atoms with Gasteiger partial charge in [-0.2, -0.15) is 0 Å². The predicted octanol–water partition coefficient (Wildman–Crippen LogP) is 1.93. The second-order valence-electron chi connectivity index (χ2n) is 5.48. The third-order valence-electron chi connectivity index (χ3n) is 3.59. The van der Waals surface area contributed by atoms with E-state index in [-0.39, 0.29) is 12.6 Å². The van der Waals surface area contributed by atoms with E-state index >= 15 is 0 Å². The van der Waals surface area contributed by atoms with E-state index in [2.05, 4.69) is 4.98 Å². The van der Waals surface area contributed by atoms with Crippen LogP contribution in [0.2, 0.25) is 0 Å². The second kappa shape index (κ2) is 5.22. The average Bonchev–Trinajstić information content (AvgIpc) is 2.71. The van der Waals surface area contributed by atoms with Gasteiger partial charge in [-0.25, -0.2) is 4.79 Å². The third kappa shape index (κ3) is 2.22. The van der Waals surface area contributed by atoms with Gasteiger partial charge in [0.2, 0.25) is 0 Å². The van der Waals surface area contributed by atoms with E-state index in [0.717, 1.165) is 20.7 Å². The maximum Gasteiger partial charge on any atom is 0.334 e. The third-order valence-corrected chi connectivity index (χ3v) is 3.59. The van der Waals surface area contributed by atoms with E-state index in [9.17, 15) is 14.4 Å². The minimum absolute atomic E-state index is 0.0461. The van der Waals surface area contributed by atoms with Crippen LogP contribution in [0.25, 0.3) is 10.9 Å². The van der Waals surface area contributed by atoms with Gasteiger partial charge in [0.1, 0.15) is 0 Å². The van der Waals surface area contributed by atoms with Crippen LogP contribution < -0.4 is 0 Å². The van der Waals surface area contributed by atoms with E-state index < -0.39 is 17.8 Å². The molecule has 1 aliphatic heterocycles. The molecule has 0 spiro atoms. The van der Waals surface area contributed by atoms with Crippen LogP contribution in [0.4, 0.5) is 4.79 Å². The van der Waals surface area contributed by atoms with E-state index in [0.29, 0.717) is 5.56 Å². The molecule has 1 fully saturated rings. The van der Waals surface area contributed by atoms with Crippen LogP contribution in [0.1, 0.15) is 19.4 Å².